The van der Waals surface area contributed by atoms with Gasteiger partial charge in [-0.3, -0.25) is 4.90 Å². The first-order chi connectivity index (χ1) is 8.86. The van der Waals surface area contributed by atoms with E-state index in [1.807, 2.05) is 6.07 Å². The van der Waals surface area contributed by atoms with E-state index in [2.05, 4.69) is 50.8 Å². The molecule has 0 aromatic heterocycles. The van der Waals surface area contributed by atoms with Gasteiger partial charge in [-0.1, -0.05) is 50.1 Å². The highest BCUT2D eigenvalue weighted by Crippen LogP contribution is 2.30. The summed E-state index contributed by atoms with van der Waals surface area (Å²) in [7, 11) is 0. The molecule has 2 nitrogen and oxygen atoms in total. The monoisotopic (exact) mass is 258 g/mol. The number of rotatable bonds is 2. The fourth-order valence-corrected chi connectivity index (χ4v) is 2.65. The Hall–Kier alpha value is -1.28. The zero-order valence-electron chi connectivity index (χ0n) is 12.7. The third kappa shape index (κ3) is 3.60. The Morgan fingerprint density at radius 3 is 2.58 bits per heavy atom. The first-order valence-corrected chi connectivity index (χ1v) is 7.13. The minimum absolute atomic E-state index is 0.314. The Balaban J connectivity index is 2.03. The van der Waals surface area contributed by atoms with Crippen molar-refractivity contribution in [2.24, 2.45) is 5.41 Å². The molecule has 0 unspecified atom stereocenters. The third-order valence-corrected chi connectivity index (χ3v) is 3.95. The lowest BCUT2D eigenvalue weighted by atomic mass is 9.83. The van der Waals surface area contributed by atoms with Crippen LogP contribution in [0.1, 0.15) is 38.3 Å². The number of nitrogens with zero attached hydrogens (tertiary/aromatic N) is 1. The van der Waals surface area contributed by atoms with E-state index in [4.69, 9.17) is 5.73 Å². The number of nitrogen functional groups attached to an aromatic ring is 1. The highest BCUT2D eigenvalue weighted by Gasteiger charge is 2.21. The van der Waals surface area contributed by atoms with Gasteiger partial charge < -0.3 is 5.73 Å². The second-order valence-electron chi connectivity index (χ2n) is 6.67. The van der Waals surface area contributed by atoms with Gasteiger partial charge >= 0.3 is 0 Å². The number of nitrogens with two attached hydrogens (primary N) is 1. The van der Waals surface area contributed by atoms with Crippen molar-refractivity contribution in [3.8, 4) is 0 Å². The summed E-state index contributed by atoms with van der Waals surface area (Å²) in [4.78, 5) is 2.47. The summed E-state index contributed by atoms with van der Waals surface area (Å²) >= 11 is 0. The Morgan fingerprint density at radius 1 is 1.26 bits per heavy atom. The van der Waals surface area contributed by atoms with E-state index in [0.29, 0.717) is 5.41 Å². The molecule has 1 aromatic carbocycles. The second-order valence-corrected chi connectivity index (χ2v) is 6.67. The Kier molecular flexibility index (Phi) is 4.00. The summed E-state index contributed by atoms with van der Waals surface area (Å²) in [6.07, 6.45) is 3.57. The second kappa shape index (κ2) is 5.38. The first-order valence-electron chi connectivity index (χ1n) is 7.13. The van der Waals surface area contributed by atoms with Crippen molar-refractivity contribution in [3.63, 3.8) is 0 Å². The maximum atomic E-state index is 6.06. The van der Waals surface area contributed by atoms with Gasteiger partial charge in [0, 0.05) is 25.3 Å². The van der Waals surface area contributed by atoms with Gasteiger partial charge in [-0.05, 0) is 30.4 Å². The highest BCUT2D eigenvalue weighted by atomic mass is 15.1. The molecule has 0 amide bonds. The van der Waals surface area contributed by atoms with Gasteiger partial charge in [0.05, 0.1) is 0 Å². The number of aryl methyl sites for hydroxylation is 1. The molecule has 0 saturated heterocycles. The Morgan fingerprint density at radius 2 is 2.00 bits per heavy atom. The van der Waals surface area contributed by atoms with Crippen LogP contribution >= 0.6 is 0 Å². The molecule has 2 heteroatoms. The molecule has 1 aliphatic heterocycles. The van der Waals surface area contributed by atoms with Gasteiger partial charge in [0.15, 0.2) is 0 Å². The van der Waals surface area contributed by atoms with Crippen LogP contribution in [0.25, 0.3) is 0 Å². The van der Waals surface area contributed by atoms with Crippen molar-refractivity contribution in [3.05, 3.63) is 41.0 Å². The van der Waals surface area contributed by atoms with Crippen LogP contribution in [0.3, 0.4) is 0 Å². The minimum Gasteiger partial charge on any atom is -0.398 e. The molecule has 0 spiro atoms. The molecule has 0 bridgehead atoms. The fraction of sp³-hybridized carbons (Fsp3) is 0.529. The maximum absolute atomic E-state index is 6.06. The smallest absolute Gasteiger partial charge is 0.0359 e. The fourth-order valence-electron chi connectivity index (χ4n) is 2.65. The zero-order chi connectivity index (χ0) is 14.0. The molecule has 1 heterocycles. The predicted octanol–water partition coefficient (Wildman–Crippen LogP) is 3.76. The summed E-state index contributed by atoms with van der Waals surface area (Å²) in [6.45, 7) is 12.2. The van der Waals surface area contributed by atoms with Crippen molar-refractivity contribution < 1.29 is 0 Å². The standard InChI is InChI=1S/C17H26N2/c1-13-5-6-16(18)14(11-13)12-19-9-7-15(8-10-19)17(2,3)4/h5-7,11H,8-10,12,18H2,1-4H3. The molecular formula is C17H26N2. The number of hydrogen-bond donors (Lipinski definition) is 1. The van der Waals surface area contributed by atoms with Crippen molar-refractivity contribution in [1.29, 1.82) is 0 Å². The molecule has 19 heavy (non-hydrogen) atoms. The molecule has 1 aliphatic rings. The van der Waals surface area contributed by atoms with E-state index in [1.54, 1.807) is 5.57 Å². The summed E-state index contributed by atoms with van der Waals surface area (Å²) < 4.78 is 0. The largest absolute Gasteiger partial charge is 0.398 e. The minimum atomic E-state index is 0.314. The number of hydrogen-bond acceptors (Lipinski definition) is 2. The Labute approximate surface area is 117 Å². The lowest BCUT2D eigenvalue weighted by Gasteiger charge is -2.32. The van der Waals surface area contributed by atoms with E-state index in [9.17, 15) is 0 Å². The number of benzene rings is 1. The summed E-state index contributed by atoms with van der Waals surface area (Å²) in [6, 6.07) is 6.30. The maximum Gasteiger partial charge on any atom is 0.0359 e. The van der Waals surface area contributed by atoms with E-state index >= 15 is 0 Å². The SMILES string of the molecule is Cc1ccc(N)c(CN2CC=C(C(C)(C)C)CC2)c1. The van der Waals surface area contributed by atoms with Gasteiger partial charge in [-0.2, -0.15) is 0 Å². The van der Waals surface area contributed by atoms with Crippen LogP contribution in [0, 0.1) is 12.3 Å². The summed E-state index contributed by atoms with van der Waals surface area (Å²) in [5.41, 5.74) is 11.4. The quantitative estimate of drug-likeness (QED) is 0.646. The summed E-state index contributed by atoms with van der Waals surface area (Å²) in [5.74, 6) is 0. The van der Waals surface area contributed by atoms with Crippen molar-refractivity contribution in [2.45, 2.75) is 40.7 Å². The van der Waals surface area contributed by atoms with Gasteiger partial charge in [0.1, 0.15) is 0 Å². The average molecular weight is 258 g/mol. The van der Waals surface area contributed by atoms with Crippen LogP contribution in [0.5, 0.6) is 0 Å². The van der Waals surface area contributed by atoms with E-state index < -0.39 is 0 Å². The highest BCUT2D eigenvalue weighted by molar-refractivity contribution is 5.48. The average Bonchev–Trinajstić information content (AvgIpc) is 2.33. The van der Waals surface area contributed by atoms with E-state index in [-0.39, 0.29) is 0 Å². The molecule has 104 valence electrons. The van der Waals surface area contributed by atoms with Crippen LogP contribution in [-0.2, 0) is 6.54 Å². The van der Waals surface area contributed by atoms with Crippen LogP contribution in [0.2, 0.25) is 0 Å². The molecule has 2 N–H and O–H groups in total. The molecule has 2 rings (SSSR count). The lowest BCUT2D eigenvalue weighted by molar-refractivity contribution is 0.272. The first kappa shape index (κ1) is 14.1. The molecule has 0 radical (unpaired) electrons. The zero-order valence-corrected chi connectivity index (χ0v) is 12.7. The van der Waals surface area contributed by atoms with Crippen LogP contribution in [0.4, 0.5) is 5.69 Å². The van der Waals surface area contributed by atoms with Crippen LogP contribution < -0.4 is 5.73 Å². The molecule has 0 atom stereocenters. The molecule has 0 fully saturated rings. The molecule has 1 aromatic rings. The molecule has 0 saturated carbocycles. The normalized spacial score (nSPS) is 17.4. The van der Waals surface area contributed by atoms with Gasteiger partial charge in [-0.15, -0.1) is 0 Å². The predicted molar refractivity (Wildman–Crippen MR) is 83.0 cm³/mol. The van der Waals surface area contributed by atoms with Crippen molar-refractivity contribution in [1.82, 2.24) is 4.90 Å². The van der Waals surface area contributed by atoms with Gasteiger partial charge in [0.25, 0.3) is 0 Å². The van der Waals surface area contributed by atoms with Gasteiger partial charge in [-0.25, -0.2) is 0 Å². The summed E-state index contributed by atoms with van der Waals surface area (Å²) in [5, 5.41) is 0. The van der Waals surface area contributed by atoms with Crippen molar-refractivity contribution in [2.75, 3.05) is 18.8 Å². The van der Waals surface area contributed by atoms with Crippen molar-refractivity contribution >= 4 is 5.69 Å². The van der Waals surface area contributed by atoms with E-state index in [0.717, 1.165) is 25.3 Å². The van der Waals surface area contributed by atoms with Crippen LogP contribution in [-0.4, -0.2) is 18.0 Å². The molecular weight excluding hydrogens is 232 g/mol. The van der Waals surface area contributed by atoms with E-state index in [1.165, 1.54) is 17.5 Å². The van der Waals surface area contributed by atoms with Gasteiger partial charge in [0.2, 0.25) is 0 Å². The lowest BCUT2D eigenvalue weighted by Crippen LogP contribution is -2.31. The Bertz CT molecular complexity index is 481. The topological polar surface area (TPSA) is 29.3 Å². The van der Waals surface area contributed by atoms with Crippen LogP contribution in [0.15, 0.2) is 29.8 Å². The third-order valence-electron chi connectivity index (χ3n) is 3.95. The number of anilines is 1. The molecule has 0 aliphatic carbocycles.